The van der Waals surface area contributed by atoms with Crippen LogP contribution in [-0.4, -0.2) is 0 Å². The summed E-state index contributed by atoms with van der Waals surface area (Å²) in [7, 11) is 0. The fraction of sp³-hybridized carbons (Fsp3) is 0. The third-order valence-corrected chi connectivity index (χ3v) is 5.83. The van der Waals surface area contributed by atoms with Crippen LogP contribution < -0.4 is 0 Å². The van der Waals surface area contributed by atoms with Crippen molar-refractivity contribution in [3.8, 4) is 20.9 Å². The van der Waals surface area contributed by atoms with E-state index < -0.39 is 0 Å². The Morgan fingerprint density at radius 1 is 0.480 bits per heavy atom. The highest BCUT2D eigenvalue weighted by Crippen LogP contribution is 2.41. The van der Waals surface area contributed by atoms with Crippen LogP contribution in [0, 0.1) is 0 Å². The standard InChI is InChI=1S/C24H16S/c1-2-8-17(9-3-1)22-14-15-23(25-22)24-20-12-6-4-10-18(20)16-19-11-5-7-13-21(19)24/h1-16H. The smallest absolute Gasteiger partial charge is 0.0361 e. The van der Waals surface area contributed by atoms with Crippen molar-refractivity contribution in [2.75, 3.05) is 0 Å². The molecular formula is C24H16S. The third kappa shape index (κ3) is 2.45. The van der Waals surface area contributed by atoms with Crippen LogP contribution in [-0.2, 0) is 0 Å². The molecule has 1 heterocycles. The van der Waals surface area contributed by atoms with Gasteiger partial charge >= 0.3 is 0 Å². The minimum absolute atomic E-state index is 1.28. The van der Waals surface area contributed by atoms with E-state index in [0.29, 0.717) is 0 Å². The summed E-state index contributed by atoms with van der Waals surface area (Å²) in [5.41, 5.74) is 2.63. The van der Waals surface area contributed by atoms with E-state index in [-0.39, 0.29) is 0 Å². The molecule has 5 aromatic rings. The number of benzene rings is 4. The normalized spacial score (nSPS) is 11.2. The lowest BCUT2D eigenvalue weighted by atomic mass is 9.96. The molecule has 0 aliphatic carbocycles. The summed E-state index contributed by atoms with van der Waals surface area (Å²) in [6.07, 6.45) is 0. The molecule has 1 aromatic heterocycles. The zero-order chi connectivity index (χ0) is 16.6. The predicted molar refractivity (Wildman–Crippen MR) is 110 cm³/mol. The summed E-state index contributed by atoms with van der Waals surface area (Å²) in [6.45, 7) is 0. The summed E-state index contributed by atoms with van der Waals surface area (Å²) in [5, 5.41) is 5.24. The van der Waals surface area contributed by atoms with Gasteiger partial charge in [0.2, 0.25) is 0 Å². The number of rotatable bonds is 2. The van der Waals surface area contributed by atoms with Crippen LogP contribution in [0.15, 0.2) is 97.1 Å². The first-order chi connectivity index (χ1) is 12.4. The topological polar surface area (TPSA) is 0 Å². The van der Waals surface area contributed by atoms with Crippen LogP contribution in [0.5, 0.6) is 0 Å². The van der Waals surface area contributed by atoms with E-state index in [1.807, 2.05) is 11.3 Å². The van der Waals surface area contributed by atoms with Crippen molar-refractivity contribution in [2.45, 2.75) is 0 Å². The Morgan fingerprint density at radius 3 is 1.72 bits per heavy atom. The van der Waals surface area contributed by atoms with Crippen LogP contribution in [0.3, 0.4) is 0 Å². The molecule has 0 saturated heterocycles. The van der Waals surface area contributed by atoms with Crippen LogP contribution in [0.4, 0.5) is 0 Å². The lowest BCUT2D eigenvalue weighted by molar-refractivity contribution is 1.70. The first kappa shape index (κ1) is 14.4. The highest BCUT2D eigenvalue weighted by molar-refractivity contribution is 7.19. The highest BCUT2D eigenvalue weighted by Gasteiger charge is 2.12. The van der Waals surface area contributed by atoms with Gasteiger partial charge in [0.05, 0.1) is 0 Å². The minimum Gasteiger partial charge on any atom is -0.135 e. The summed E-state index contributed by atoms with van der Waals surface area (Å²) in [5.74, 6) is 0. The molecule has 25 heavy (non-hydrogen) atoms. The van der Waals surface area contributed by atoms with Gasteiger partial charge in [0.1, 0.15) is 0 Å². The predicted octanol–water partition coefficient (Wildman–Crippen LogP) is 7.39. The molecule has 0 saturated carbocycles. The zero-order valence-electron chi connectivity index (χ0n) is 13.6. The van der Waals surface area contributed by atoms with Gasteiger partial charge in [-0.15, -0.1) is 11.3 Å². The van der Waals surface area contributed by atoms with E-state index in [1.165, 1.54) is 42.4 Å². The number of fused-ring (bicyclic) bond motifs is 2. The average Bonchev–Trinajstić information content (AvgIpc) is 3.16. The Labute approximate surface area is 151 Å². The Bertz CT molecular complexity index is 1130. The molecule has 0 atom stereocenters. The van der Waals surface area contributed by atoms with Crippen molar-refractivity contribution in [3.63, 3.8) is 0 Å². The monoisotopic (exact) mass is 336 g/mol. The molecule has 1 heteroatoms. The van der Waals surface area contributed by atoms with Crippen molar-refractivity contribution in [1.82, 2.24) is 0 Å². The van der Waals surface area contributed by atoms with Crippen LogP contribution in [0.25, 0.3) is 42.4 Å². The average molecular weight is 336 g/mol. The van der Waals surface area contributed by atoms with Gasteiger partial charge in [0.25, 0.3) is 0 Å². The minimum atomic E-state index is 1.28. The molecule has 0 N–H and O–H groups in total. The molecule has 0 radical (unpaired) electrons. The Kier molecular flexibility index (Phi) is 3.39. The highest BCUT2D eigenvalue weighted by atomic mass is 32.1. The van der Waals surface area contributed by atoms with Crippen LogP contribution >= 0.6 is 11.3 Å². The van der Waals surface area contributed by atoms with Gasteiger partial charge in [-0.2, -0.15) is 0 Å². The van der Waals surface area contributed by atoms with Gasteiger partial charge in [0.15, 0.2) is 0 Å². The molecule has 0 aliphatic heterocycles. The second kappa shape index (κ2) is 5.87. The lowest BCUT2D eigenvalue weighted by Crippen LogP contribution is -1.82. The van der Waals surface area contributed by atoms with Gasteiger partial charge < -0.3 is 0 Å². The number of hydrogen-bond acceptors (Lipinski definition) is 1. The molecular weight excluding hydrogens is 320 g/mol. The van der Waals surface area contributed by atoms with E-state index in [0.717, 1.165) is 0 Å². The Balaban J connectivity index is 1.81. The Hall–Kier alpha value is -2.90. The first-order valence-corrected chi connectivity index (χ1v) is 9.28. The molecule has 118 valence electrons. The van der Waals surface area contributed by atoms with Crippen molar-refractivity contribution >= 4 is 32.9 Å². The maximum absolute atomic E-state index is 2.29. The van der Waals surface area contributed by atoms with E-state index >= 15 is 0 Å². The van der Waals surface area contributed by atoms with Gasteiger partial charge in [0, 0.05) is 15.3 Å². The lowest BCUT2D eigenvalue weighted by Gasteiger charge is -2.10. The van der Waals surface area contributed by atoms with Gasteiger partial charge in [-0.3, -0.25) is 0 Å². The largest absolute Gasteiger partial charge is 0.135 e. The SMILES string of the molecule is c1ccc(-c2ccc(-c3c4ccccc4cc4ccccc34)s2)cc1. The molecule has 4 aromatic carbocycles. The van der Waals surface area contributed by atoms with Crippen molar-refractivity contribution in [2.24, 2.45) is 0 Å². The van der Waals surface area contributed by atoms with E-state index in [4.69, 9.17) is 0 Å². The van der Waals surface area contributed by atoms with Crippen molar-refractivity contribution in [3.05, 3.63) is 97.1 Å². The van der Waals surface area contributed by atoms with Gasteiger partial charge in [-0.05, 0) is 45.3 Å². The summed E-state index contributed by atoms with van der Waals surface area (Å²) in [6, 6.07) is 34.8. The maximum atomic E-state index is 2.29. The zero-order valence-corrected chi connectivity index (χ0v) is 14.5. The second-order valence-electron chi connectivity index (χ2n) is 6.22. The van der Waals surface area contributed by atoms with E-state index in [1.54, 1.807) is 0 Å². The first-order valence-electron chi connectivity index (χ1n) is 8.46. The van der Waals surface area contributed by atoms with Crippen molar-refractivity contribution in [1.29, 1.82) is 0 Å². The molecule has 0 fully saturated rings. The fourth-order valence-electron chi connectivity index (χ4n) is 3.51. The molecule has 0 spiro atoms. The van der Waals surface area contributed by atoms with Gasteiger partial charge in [-0.25, -0.2) is 0 Å². The molecule has 0 bridgehead atoms. The molecule has 0 nitrogen and oxygen atoms in total. The molecule has 0 aliphatic rings. The van der Waals surface area contributed by atoms with Crippen molar-refractivity contribution < 1.29 is 0 Å². The third-order valence-electron chi connectivity index (χ3n) is 4.68. The summed E-state index contributed by atoms with van der Waals surface area (Å²) >= 11 is 1.87. The maximum Gasteiger partial charge on any atom is 0.0361 e. The summed E-state index contributed by atoms with van der Waals surface area (Å²) < 4.78 is 0. The summed E-state index contributed by atoms with van der Waals surface area (Å²) in [4.78, 5) is 2.64. The molecule has 0 amide bonds. The second-order valence-corrected chi connectivity index (χ2v) is 7.31. The molecule has 0 unspecified atom stereocenters. The quantitative estimate of drug-likeness (QED) is 0.295. The van der Waals surface area contributed by atoms with Crippen LogP contribution in [0.2, 0.25) is 0 Å². The van der Waals surface area contributed by atoms with E-state index in [2.05, 4.69) is 97.1 Å². The van der Waals surface area contributed by atoms with E-state index in [9.17, 15) is 0 Å². The number of hydrogen-bond donors (Lipinski definition) is 0. The number of thiophene rings is 1. The fourth-order valence-corrected chi connectivity index (χ4v) is 4.59. The molecule has 5 rings (SSSR count). The Morgan fingerprint density at radius 2 is 1.04 bits per heavy atom. The van der Waals surface area contributed by atoms with Gasteiger partial charge in [-0.1, -0.05) is 78.9 Å². The van der Waals surface area contributed by atoms with Crippen LogP contribution in [0.1, 0.15) is 0 Å².